The molecule has 0 amide bonds. The van der Waals surface area contributed by atoms with Crippen molar-refractivity contribution in [1.82, 2.24) is 14.9 Å². The van der Waals surface area contributed by atoms with Crippen LogP contribution in [0.2, 0.25) is 0 Å². The quantitative estimate of drug-likeness (QED) is 0.913. The summed E-state index contributed by atoms with van der Waals surface area (Å²) in [6.45, 7) is 4.79. The van der Waals surface area contributed by atoms with Crippen LogP contribution >= 0.6 is 15.9 Å². The Labute approximate surface area is 126 Å². The molecule has 3 heterocycles. The van der Waals surface area contributed by atoms with E-state index in [0.29, 0.717) is 16.3 Å². The molecule has 5 nitrogen and oxygen atoms in total. The maximum atomic E-state index is 12.0. The molecule has 20 heavy (non-hydrogen) atoms. The van der Waals surface area contributed by atoms with E-state index in [-0.39, 0.29) is 11.7 Å². The van der Waals surface area contributed by atoms with Gasteiger partial charge in [0.25, 0.3) is 5.56 Å². The number of nitrogens with zero attached hydrogens (tertiary/aromatic N) is 2. The predicted molar refractivity (Wildman–Crippen MR) is 79.8 cm³/mol. The van der Waals surface area contributed by atoms with Gasteiger partial charge in [-0.1, -0.05) is 13.3 Å². The molecule has 2 aliphatic heterocycles. The fraction of sp³-hybridized carbons (Fsp3) is 0.714. The van der Waals surface area contributed by atoms with Gasteiger partial charge >= 0.3 is 0 Å². The SMILES string of the molecule is CCCc1nc(C2CN3CCCC3CO2)[nH]c(=O)c1Br. The van der Waals surface area contributed by atoms with Crippen molar-refractivity contribution in [3.05, 3.63) is 26.3 Å². The number of morpholine rings is 1. The molecule has 2 saturated heterocycles. The van der Waals surface area contributed by atoms with Gasteiger partial charge in [-0.25, -0.2) is 4.98 Å². The van der Waals surface area contributed by atoms with E-state index in [1.807, 2.05) is 0 Å². The van der Waals surface area contributed by atoms with E-state index < -0.39 is 0 Å². The topological polar surface area (TPSA) is 58.2 Å². The largest absolute Gasteiger partial charge is 0.367 e. The number of hydrogen-bond acceptors (Lipinski definition) is 4. The second-order valence-electron chi connectivity index (χ2n) is 5.57. The van der Waals surface area contributed by atoms with Gasteiger partial charge in [-0.3, -0.25) is 9.69 Å². The van der Waals surface area contributed by atoms with Crippen molar-refractivity contribution in [2.75, 3.05) is 19.7 Å². The number of aromatic amines is 1. The molecule has 0 aromatic carbocycles. The zero-order valence-corrected chi connectivity index (χ0v) is 13.3. The number of nitrogens with one attached hydrogen (secondary N) is 1. The first-order valence-electron chi connectivity index (χ1n) is 7.33. The van der Waals surface area contributed by atoms with Gasteiger partial charge in [0.2, 0.25) is 0 Å². The Morgan fingerprint density at radius 3 is 3.20 bits per heavy atom. The highest BCUT2D eigenvalue weighted by Gasteiger charge is 2.34. The zero-order chi connectivity index (χ0) is 14.1. The summed E-state index contributed by atoms with van der Waals surface area (Å²) in [5.74, 6) is 0.673. The monoisotopic (exact) mass is 341 g/mol. The van der Waals surface area contributed by atoms with Gasteiger partial charge < -0.3 is 9.72 Å². The lowest BCUT2D eigenvalue weighted by atomic mass is 10.1. The molecule has 2 aliphatic rings. The summed E-state index contributed by atoms with van der Waals surface area (Å²) in [6, 6.07) is 0.559. The molecule has 2 fully saturated rings. The normalized spacial score (nSPS) is 26.7. The second kappa shape index (κ2) is 5.95. The van der Waals surface area contributed by atoms with E-state index in [0.717, 1.165) is 38.2 Å². The van der Waals surface area contributed by atoms with Crippen molar-refractivity contribution in [3.8, 4) is 0 Å². The summed E-state index contributed by atoms with van der Waals surface area (Å²) >= 11 is 3.33. The summed E-state index contributed by atoms with van der Waals surface area (Å²) in [5.41, 5.74) is 0.726. The van der Waals surface area contributed by atoms with E-state index >= 15 is 0 Å². The average molecular weight is 342 g/mol. The Morgan fingerprint density at radius 1 is 1.55 bits per heavy atom. The third-order valence-electron chi connectivity index (χ3n) is 4.13. The molecule has 6 heteroatoms. The number of hydrogen-bond donors (Lipinski definition) is 1. The van der Waals surface area contributed by atoms with E-state index in [9.17, 15) is 4.79 Å². The Balaban J connectivity index is 1.84. The molecule has 0 bridgehead atoms. The Bertz CT molecular complexity index is 546. The minimum Gasteiger partial charge on any atom is -0.367 e. The van der Waals surface area contributed by atoms with Gasteiger partial charge in [0, 0.05) is 12.6 Å². The van der Waals surface area contributed by atoms with Crippen molar-refractivity contribution >= 4 is 15.9 Å². The molecule has 0 radical (unpaired) electrons. The molecular weight excluding hydrogens is 322 g/mol. The fourth-order valence-corrected chi connectivity index (χ4v) is 3.45. The molecule has 0 saturated carbocycles. The Kier molecular flexibility index (Phi) is 4.23. The lowest BCUT2D eigenvalue weighted by Gasteiger charge is -2.34. The van der Waals surface area contributed by atoms with Crippen molar-refractivity contribution < 1.29 is 4.74 Å². The average Bonchev–Trinajstić information content (AvgIpc) is 2.91. The standard InChI is InChI=1S/C14H20BrN3O2/c1-2-4-10-12(15)14(19)17-13(16-10)11-7-18-6-3-5-9(18)8-20-11/h9,11H,2-8H2,1H3,(H,16,17,19). The maximum absolute atomic E-state index is 12.0. The molecule has 3 rings (SSSR count). The van der Waals surface area contributed by atoms with Crippen LogP contribution in [0.1, 0.15) is 43.8 Å². The van der Waals surface area contributed by atoms with Crippen molar-refractivity contribution in [2.45, 2.75) is 44.8 Å². The number of H-pyrrole nitrogens is 1. The van der Waals surface area contributed by atoms with Crippen LogP contribution in [0.15, 0.2) is 9.27 Å². The van der Waals surface area contributed by atoms with E-state index in [1.165, 1.54) is 12.8 Å². The molecule has 110 valence electrons. The van der Waals surface area contributed by atoms with Gasteiger partial charge in [-0.05, 0) is 41.7 Å². The lowest BCUT2D eigenvalue weighted by Crippen LogP contribution is -2.43. The molecule has 0 spiro atoms. The summed E-state index contributed by atoms with van der Waals surface area (Å²) in [6.07, 6.45) is 4.12. The van der Waals surface area contributed by atoms with Crippen molar-refractivity contribution in [2.24, 2.45) is 0 Å². The Morgan fingerprint density at radius 2 is 2.40 bits per heavy atom. The van der Waals surface area contributed by atoms with Gasteiger partial charge in [0.15, 0.2) is 0 Å². The third-order valence-corrected chi connectivity index (χ3v) is 4.95. The van der Waals surface area contributed by atoms with Crippen LogP contribution in [-0.2, 0) is 11.2 Å². The summed E-state index contributed by atoms with van der Waals surface area (Å²) in [5, 5.41) is 0. The van der Waals surface area contributed by atoms with E-state index in [4.69, 9.17) is 4.74 Å². The zero-order valence-electron chi connectivity index (χ0n) is 11.7. The third kappa shape index (κ3) is 2.69. The molecule has 2 unspecified atom stereocenters. The number of aryl methyl sites for hydroxylation is 1. The van der Waals surface area contributed by atoms with Crippen LogP contribution in [0.25, 0.3) is 0 Å². The molecule has 1 N–H and O–H groups in total. The molecule has 1 aromatic heterocycles. The number of halogens is 1. The first-order chi connectivity index (χ1) is 9.69. The summed E-state index contributed by atoms with van der Waals surface area (Å²) in [7, 11) is 0. The van der Waals surface area contributed by atoms with Crippen LogP contribution in [0.5, 0.6) is 0 Å². The van der Waals surface area contributed by atoms with Crippen LogP contribution in [0.4, 0.5) is 0 Å². The molecule has 1 aromatic rings. The highest BCUT2D eigenvalue weighted by molar-refractivity contribution is 9.10. The highest BCUT2D eigenvalue weighted by atomic mass is 79.9. The van der Waals surface area contributed by atoms with Gasteiger partial charge in [-0.15, -0.1) is 0 Å². The number of aromatic nitrogens is 2. The molecule has 0 aliphatic carbocycles. The van der Waals surface area contributed by atoms with Crippen molar-refractivity contribution in [3.63, 3.8) is 0 Å². The van der Waals surface area contributed by atoms with Gasteiger partial charge in [-0.2, -0.15) is 0 Å². The first kappa shape index (κ1) is 14.2. The Hall–Kier alpha value is -0.720. The second-order valence-corrected chi connectivity index (χ2v) is 6.37. The highest BCUT2D eigenvalue weighted by Crippen LogP contribution is 2.28. The minimum atomic E-state index is -0.110. The first-order valence-corrected chi connectivity index (χ1v) is 8.12. The van der Waals surface area contributed by atoms with E-state index in [1.54, 1.807) is 0 Å². The van der Waals surface area contributed by atoms with Crippen molar-refractivity contribution in [1.29, 1.82) is 0 Å². The predicted octanol–water partition coefficient (Wildman–Crippen LogP) is 2.02. The number of ether oxygens (including phenoxy) is 1. The van der Waals surface area contributed by atoms with Gasteiger partial charge in [0.1, 0.15) is 16.4 Å². The lowest BCUT2D eigenvalue weighted by molar-refractivity contribution is -0.0543. The van der Waals surface area contributed by atoms with Gasteiger partial charge in [0.05, 0.1) is 12.3 Å². The summed E-state index contributed by atoms with van der Waals surface area (Å²) in [4.78, 5) is 21.9. The number of fused-ring (bicyclic) bond motifs is 1. The smallest absolute Gasteiger partial charge is 0.265 e. The van der Waals surface area contributed by atoms with Crippen LogP contribution < -0.4 is 5.56 Å². The van der Waals surface area contributed by atoms with Crippen LogP contribution in [-0.4, -0.2) is 40.6 Å². The van der Waals surface area contributed by atoms with E-state index in [2.05, 4.69) is 37.7 Å². The summed E-state index contributed by atoms with van der Waals surface area (Å²) < 4.78 is 6.47. The fourth-order valence-electron chi connectivity index (χ4n) is 3.06. The molecular formula is C14H20BrN3O2. The molecule has 2 atom stereocenters. The number of rotatable bonds is 3. The maximum Gasteiger partial charge on any atom is 0.265 e. The minimum absolute atomic E-state index is 0.106. The van der Waals surface area contributed by atoms with Crippen LogP contribution in [0, 0.1) is 0 Å². The van der Waals surface area contributed by atoms with Crippen LogP contribution in [0.3, 0.4) is 0 Å².